The van der Waals surface area contributed by atoms with Gasteiger partial charge in [-0.3, -0.25) is 0 Å². The molecule has 1 heterocycles. The Morgan fingerprint density at radius 2 is 1.58 bits per heavy atom. The van der Waals surface area contributed by atoms with E-state index in [0.29, 0.717) is 6.04 Å². The van der Waals surface area contributed by atoms with Crippen LogP contribution < -0.4 is 5.32 Å². The van der Waals surface area contributed by atoms with E-state index in [2.05, 4.69) is 53.8 Å². The molecule has 1 saturated carbocycles. The Hall–Kier alpha value is -1.60. The number of hydrogen-bond acceptors (Lipinski definition) is 1. The standard InChI is InChI=1S/C18H19N/c1-2-7-17-16(4-1)12-19-18(17)15-10-8-14(9-11-15)13-5-3-6-13/h1-2,4,7-11,13,18-19H,3,5-6,12H2. The number of fused-ring (bicyclic) bond motifs is 1. The van der Waals surface area contributed by atoms with Gasteiger partial charge in [0, 0.05) is 6.54 Å². The smallest absolute Gasteiger partial charge is 0.0582 e. The second kappa shape index (κ2) is 4.50. The molecule has 1 N–H and O–H groups in total. The van der Waals surface area contributed by atoms with Gasteiger partial charge in [-0.2, -0.15) is 0 Å². The van der Waals surface area contributed by atoms with Crippen molar-refractivity contribution in [2.75, 3.05) is 0 Å². The van der Waals surface area contributed by atoms with E-state index in [-0.39, 0.29) is 0 Å². The third kappa shape index (κ3) is 1.89. The van der Waals surface area contributed by atoms with Gasteiger partial charge in [0.05, 0.1) is 6.04 Å². The summed E-state index contributed by atoms with van der Waals surface area (Å²) in [4.78, 5) is 0. The molecule has 0 spiro atoms. The normalized spacial score (nSPS) is 22.0. The van der Waals surface area contributed by atoms with Crippen molar-refractivity contribution < 1.29 is 0 Å². The predicted octanol–water partition coefficient (Wildman–Crippen LogP) is 4.15. The lowest BCUT2D eigenvalue weighted by Gasteiger charge is -2.26. The zero-order chi connectivity index (χ0) is 12.7. The second-order valence-electron chi connectivity index (χ2n) is 5.81. The van der Waals surface area contributed by atoms with E-state index >= 15 is 0 Å². The van der Waals surface area contributed by atoms with Crippen molar-refractivity contribution in [2.45, 2.75) is 37.8 Å². The van der Waals surface area contributed by atoms with E-state index in [9.17, 15) is 0 Å². The molecular formula is C18H19N. The van der Waals surface area contributed by atoms with Gasteiger partial charge < -0.3 is 5.32 Å². The molecule has 1 atom stereocenters. The van der Waals surface area contributed by atoms with E-state index in [4.69, 9.17) is 0 Å². The number of hydrogen-bond donors (Lipinski definition) is 1. The van der Waals surface area contributed by atoms with Crippen LogP contribution in [-0.4, -0.2) is 0 Å². The molecule has 1 aliphatic heterocycles. The molecule has 1 nitrogen and oxygen atoms in total. The molecule has 2 aromatic carbocycles. The first kappa shape index (κ1) is 11.2. The van der Waals surface area contributed by atoms with Crippen molar-refractivity contribution in [1.82, 2.24) is 5.32 Å². The minimum atomic E-state index is 0.381. The minimum Gasteiger partial charge on any atom is -0.302 e. The van der Waals surface area contributed by atoms with Crippen molar-refractivity contribution in [3.8, 4) is 0 Å². The largest absolute Gasteiger partial charge is 0.302 e. The Kier molecular flexibility index (Phi) is 2.66. The first-order valence-electron chi connectivity index (χ1n) is 7.33. The Bertz CT molecular complexity index is 581. The van der Waals surface area contributed by atoms with Gasteiger partial charge in [0.15, 0.2) is 0 Å². The van der Waals surface area contributed by atoms with Gasteiger partial charge in [0.25, 0.3) is 0 Å². The first-order valence-corrected chi connectivity index (χ1v) is 7.33. The maximum absolute atomic E-state index is 3.61. The van der Waals surface area contributed by atoms with Gasteiger partial charge in [-0.1, -0.05) is 55.0 Å². The lowest BCUT2D eigenvalue weighted by atomic mass is 9.79. The van der Waals surface area contributed by atoms with Gasteiger partial charge in [-0.25, -0.2) is 0 Å². The molecule has 0 radical (unpaired) electrons. The van der Waals surface area contributed by atoms with Gasteiger partial charge in [0.2, 0.25) is 0 Å². The van der Waals surface area contributed by atoms with E-state index in [1.54, 1.807) is 0 Å². The molecule has 0 aromatic heterocycles. The minimum absolute atomic E-state index is 0.381. The van der Waals surface area contributed by atoms with Crippen LogP contribution in [0.3, 0.4) is 0 Å². The molecule has 19 heavy (non-hydrogen) atoms. The Morgan fingerprint density at radius 1 is 0.842 bits per heavy atom. The van der Waals surface area contributed by atoms with E-state index < -0.39 is 0 Å². The van der Waals surface area contributed by atoms with Crippen molar-refractivity contribution in [3.63, 3.8) is 0 Å². The van der Waals surface area contributed by atoms with Crippen molar-refractivity contribution in [2.24, 2.45) is 0 Å². The molecular weight excluding hydrogens is 230 g/mol. The summed E-state index contributed by atoms with van der Waals surface area (Å²) in [7, 11) is 0. The molecule has 1 unspecified atom stereocenters. The van der Waals surface area contributed by atoms with Crippen LogP contribution in [0.25, 0.3) is 0 Å². The Morgan fingerprint density at radius 3 is 2.32 bits per heavy atom. The fourth-order valence-corrected chi connectivity index (χ4v) is 3.30. The molecule has 2 aliphatic rings. The highest BCUT2D eigenvalue weighted by atomic mass is 14.9. The first-order chi connectivity index (χ1) is 9.42. The molecule has 1 heteroatoms. The fourth-order valence-electron chi connectivity index (χ4n) is 3.30. The van der Waals surface area contributed by atoms with Crippen molar-refractivity contribution >= 4 is 0 Å². The van der Waals surface area contributed by atoms with Gasteiger partial charge in [-0.05, 0) is 41.0 Å². The van der Waals surface area contributed by atoms with Gasteiger partial charge >= 0.3 is 0 Å². The molecule has 2 aromatic rings. The fraction of sp³-hybridized carbons (Fsp3) is 0.333. The summed E-state index contributed by atoms with van der Waals surface area (Å²) in [6.45, 7) is 0.991. The van der Waals surface area contributed by atoms with Crippen LogP contribution in [-0.2, 0) is 6.54 Å². The van der Waals surface area contributed by atoms with Crippen molar-refractivity contribution in [3.05, 3.63) is 70.8 Å². The lowest BCUT2D eigenvalue weighted by molar-refractivity contribution is 0.419. The summed E-state index contributed by atoms with van der Waals surface area (Å²) in [5, 5.41) is 3.61. The molecule has 0 amide bonds. The van der Waals surface area contributed by atoms with Crippen LogP contribution in [0.1, 0.15) is 53.5 Å². The van der Waals surface area contributed by atoms with E-state index in [0.717, 1.165) is 12.5 Å². The third-order valence-corrected chi connectivity index (χ3v) is 4.71. The van der Waals surface area contributed by atoms with Crippen LogP contribution in [0, 0.1) is 0 Å². The summed E-state index contributed by atoms with van der Waals surface area (Å²) < 4.78 is 0. The molecule has 0 saturated heterocycles. The summed E-state index contributed by atoms with van der Waals surface area (Å²) in [6, 6.07) is 18.4. The third-order valence-electron chi connectivity index (χ3n) is 4.71. The molecule has 1 aliphatic carbocycles. The van der Waals surface area contributed by atoms with Gasteiger partial charge in [-0.15, -0.1) is 0 Å². The van der Waals surface area contributed by atoms with Crippen LogP contribution in [0.2, 0.25) is 0 Å². The lowest BCUT2D eigenvalue weighted by Crippen LogP contribution is -2.14. The summed E-state index contributed by atoms with van der Waals surface area (Å²) in [5.74, 6) is 0.831. The highest BCUT2D eigenvalue weighted by molar-refractivity contribution is 5.41. The topological polar surface area (TPSA) is 12.0 Å². The molecule has 0 bridgehead atoms. The zero-order valence-electron chi connectivity index (χ0n) is 11.1. The maximum Gasteiger partial charge on any atom is 0.0582 e. The number of nitrogens with one attached hydrogen (secondary N) is 1. The van der Waals surface area contributed by atoms with Crippen molar-refractivity contribution in [1.29, 1.82) is 0 Å². The average molecular weight is 249 g/mol. The van der Waals surface area contributed by atoms with Crippen LogP contribution >= 0.6 is 0 Å². The molecule has 1 fully saturated rings. The summed E-state index contributed by atoms with van der Waals surface area (Å²) in [5.41, 5.74) is 5.81. The van der Waals surface area contributed by atoms with Crippen LogP contribution in [0.15, 0.2) is 48.5 Å². The SMILES string of the molecule is c1ccc2c(c1)CNC2c1ccc(C2CCC2)cc1. The zero-order valence-corrected chi connectivity index (χ0v) is 11.1. The molecule has 96 valence electrons. The Labute approximate surface area is 114 Å². The molecule has 4 rings (SSSR count). The monoisotopic (exact) mass is 249 g/mol. The highest BCUT2D eigenvalue weighted by Gasteiger charge is 2.23. The Balaban J connectivity index is 1.63. The highest BCUT2D eigenvalue weighted by Crippen LogP contribution is 2.37. The summed E-state index contributed by atoms with van der Waals surface area (Å²) >= 11 is 0. The van der Waals surface area contributed by atoms with Crippen LogP contribution in [0.4, 0.5) is 0 Å². The second-order valence-corrected chi connectivity index (χ2v) is 5.81. The van der Waals surface area contributed by atoms with Crippen LogP contribution in [0.5, 0.6) is 0 Å². The predicted molar refractivity (Wildman–Crippen MR) is 78.2 cm³/mol. The quantitative estimate of drug-likeness (QED) is 0.843. The summed E-state index contributed by atoms with van der Waals surface area (Å²) in [6.07, 6.45) is 4.16. The average Bonchev–Trinajstić information content (AvgIpc) is 2.82. The van der Waals surface area contributed by atoms with Gasteiger partial charge in [0.1, 0.15) is 0 Å². The van der Waals surface area contributed by atoms with E-state index in [1.807, 2.05) is 0 Å². The maximum atomic E-state index is 3.61. The van der Waals surface area contributed by atoms with E-state index in [1.165, 1.54) is 41.5 Å². The number of rotatable bonds is 2. The number of benzene rings is 2.